The molecule has 0 amide bonds. The number of carbonyl (C=O) groups excluding carboxylic acids is 2. The third-order valence-corrected chi connectivity index (χ3v) is 3.03. The molecule has 4 nitrogen and oxygen atoms in total. The molecule has 2 rings (SSSR count). The Bertz CT molecular complexity index is 407. The van der Waals surface area contributed by atoms with Gasteiger partial charge >= 0.3 is 5.97 Å². The summed E-state index contributed by atoms with van der Waals surface area (Å²) in [6.07, 6.45) is 1.45. The Kier molecular flexibility index (Phi) is 4.47. The first-order chi connectivity index (χ1) is 8.77. The Morgan fingerprint density at radius 1 is 1.17 bits per heavy atom. The number of rotatable bonds is 4. The molecule has 1 aromatic carbocycles. The first-order valence-corrected chi connectivity index (χ1v) is 6.10. The summed E-state index contributed by atoms with van der Waals surface area (Å²) in [6.45, 7) is 1.09. The molecule has 0 aliphatic carbocycles. The Hall–Kier alpha value is -1.68. The molecule has 0 aromatic heterocycles. The van der Waals surface area contributed by atoms with Gasteiger partial charge in [-0.25, -0.2) is 4.79 Å². The van der Waals surface area contributed by atoms with E-state index >= 15 is 0 Å². The van der Waals surface area contributed by atoms with Gasteiger partial charge in [-0.3, -0.25) is 4.79 Å². The molecule has 96 valence electrons. The van der Waals surface area contributed by atoms with Gasteiger partial charge in [0.05, 0.1) is 5.56 Å². The van der Waals surface area contributed by atoms with Gasteiger partial charge in [-0.05, 0) is 25.0 Å². The van der Waals surface area contributed by atoms with E-state index < -0.39 is 5.97 Å². The van der Waals surface area contributed by atoms with E-state index in [2.05, 4.69) is 0 Å². The average molecular weight is 248 g/mol. The van der Waals surface area contributed by atoms with E-state index in [1.807, 2.05) is 6.07 Å². The monoisotopic (exact) mass is 248 g/mol. The van der Waals surface area contributed by atoms with E-state index in [9.17, 15) is 9.59 Å². The van der Waals surface area contributed by atoms with Crippen molar-refractivity contribution in [3.63, 3.8) is 0 Å². The fourth-order valence-electron chi connectivity index (χ4n) is 1.93. The maximum atomic E-state index is 11.8. The molecule has 1 aliphatic heterocycles. The predicted molar refractivity (Wildman–Crippen MR) is 65.3 cm³/mol. The zero-order chi connectivity index (χ0) is 12.8. The highest BCUT2D eigenvalue weighted by molar-refractivity contribution is 5.92. The van der Waals surface area contributed by atoms with E-state index in [0.717, 1.165) is 12.8 Å². The summed E-state index contributed by atoms with van der Waals surface area (Å²) in [6, 6.07) is 8.68. The Morgan fingerprint density at radius 2 is 1.83 bits per heavy atom. The summed E-state index contributed by atoms with van der Waals surface area (Å²) < 4.78 is 10.2. The highest BCUT2D eigenvalue weighted by Gasteiger charge is 2.22. The second-order valence-corrected chi connectivity index (χ2v) is 4.30. The first kappa shape index (κ1) is 12.8. The third-order valence-electron chi connectivity index (χ3n) is 3.03. The molecule has 1 saturated heterocycles. The van der Waals surface area contributed by atoms with Crippen LogP contribution in [0.1, 0.15) is 23.2 Å². The zero-order valence-corrected chi connectivity index (χ0v) is 10.1. The minimum atomic E-state index is -0.448. The molecule has 0 bridgehead atoms. The Balaban J connectivity index is 1.80. The van der Waals surface area contributed by atoms with Crippen LogP contribution in [0.3, 0.4) is 0 Å². The lowest BCUT2D eigenvalue weighted by Crippen LogP contribution is -2.27. The molecule has 0 radical (unpaired) electrons. The van der Waals surface area contributed by atoms with Crippen LogP contribution in [0.2, 0.25) is 0 Å². The lowest BCUT2D eigenvalue weighted by Gasteiger charge is -2.20. The number of carbonyl (C=O) groups is 2. The Labute approximate surface area is 106 Å². The number of hydrogen-bond donors (Lipinski definition) is 0. The molecule has 4 heteroatoms. The van der Waals surface area contributed by atoms with Crippen LogP contribution in [0, 0.1) is 5.92 Å². The summed E-state index contributed by atoms with van der Waals surface area (Å²) in [5.41, 5.74) is 0.470. The highest BCUT2D eigenvalue weighted by atomic mass is 16.5. The number of esters is 1. The molecule has 0 atom stereocenters. The van der Waals surface area contributed by atoms with E-state index in [1.54, 1.807) is 24.3 Å². The van der Waals surface area contributed by atoms with Crippen molar-refractivity contribution in [3.8, 4) is 0 Å². The molecule has 0 unspecified atom stereocenters. The fourth-order valence-corrected chi connectivity index (χ4v) is 1.93. The SMILES string of the molecule is O=C(OCC(=O)C1CCOCC1)c1ccccc1. The van der Waals surface area contributed by atoms with Crippen molar-refractivity contribution >= 4 is 11.8 Å². The van der Waals surface area contributed by atoms with Gasteiger partial charge in [-0.2, -0.15) is 0 Å². The minimum absolute atomic E-state index is 0.0115. The molecule has 1 heterocycles. The lowest BCUT2D eigenvalue weighted by molar-refractivity contribution is -0.128. The molecule has 1 fully saturated rings. The van der Waals surface area contributed by atoms with Crippen molar-refractivity contribution < 1.29 is 19.1 Å². The van der Waals surface area contributed by atoms with Crippen molar-refractivity contribution in [1.29, 1.82) is 0 Å². The van der Waals surface area contributed by atoms with E-state index in [4.69, 9.17) is 9.47 Å². The summed E-state index contributed by atoms with van der Waals surface area (Å²) in [5.74, 6) is -0.485. The summed E-state index contributed by atoms with van der Waals surface area (Å²) >= 11 is 0. The van der Waals surface area contributed by atoms with Crippen LogP contribution in [0.25, 0.3) is 0 Å². The summed E-state index contributed by atoms with van der Waals surface area (Å²) in [4.78, 5) is 23.4. The maximum Gasteiger partial charge on any atom is 0.338 e. The van der Waals surface area contributed by atoms with Gasteiger partial charge in [0.25, 0.3) is 0 Å². The predicted octanol–water partition coefficient (Wildman–Crippen LogP) is 1.84. The lowest BCUT2D eigenvalue weighted by atomic mass is 9.96. The molecule has 1 aliphatic rings. The van der Waals surface area contributed by atoms with Gasteiger partial charge in [0.1, 0.15) is 0 Å². The zero-order valence-electron chi connectivity index (χ0n) is 10.1. The standard InChI is InChI=1S/C14H16O4/c15-13(11-6-8-17-9-7-11)10-18-14(16)12-4-2-1-3-5-12/h1-5,11H,6-10H2. The average Bonchev–Trinajstić information content (AvgIpc) is 2.46. The van der Waals surface area contributed by atoms with Crippen molar-refractivity contribution in [2.45, 2.75) is 12.8 Å². The van der Waals surface area contributed by atoms with Gasteiger partial charge < -0.3 is 9.47 Å². The van der Waals surface area contributed by atoms with Crippen LogP contribution in [0.4, 0.5) is 0 Å². The van der Waals surface area contributed by atoms with Crippen molar-refractivity contribution in [3.05, 3.63) is 35.9 Å². The van der Waals surface area contributed by atoms with Gasteiger partial charge in [0, 0.05) is 19.1 Å². The van der Waals surface area contributed by atoms with Gasteiger partial charge in [-0.15, -0.1) is 0 Å². The molecule has 18 heavy (non-hydrogen) atoms. The van der Waals surface area contributed by atoms with Crippen LogP contribution in [-0.4, -0.2) is 31.6 Å². The van der Waals surface area contributed by atoms with Crippen LogP contribution in [-0.2, 0) is 14.3 Å². The smallest absolute Gasteiger partial charge is 0.338 e. The normalized spacial score (nSPS) is 16.2. The number of Topliss-reactive ketones (excluding diaryl/α,β-unsaturated/α-hetero) is 1. The molecular weight excluding hydrogens is 232 g/mol. The van der Waals surface area contributed by atoms with Crippen molar-refractivity contribution in [1.82, 2.24) is 0 Å². The van der Waals surface area contributed by atoms with Gasteiger partial charge in [-0.1, -0.05) is 18.2 Å². The topological polar surface area (TPSA) is 52.6 Å². The quantitative estimate of drug-likeness (QED) is 0.763. The molecule has 0 saturated carbocycles. The fraction of sp³-hybridized carbons (Fsp3) is 0.429. The van der Waals surface area contributed by atoms with Crippen LogP contribution >= 0.6 is 0 Å². The second kappa shape index (κ2) is 6.31. The van der Waals surface area contributed by atoms with Gasteiger partial charge in [0.15, 0.2) is 12.4 Å². The molecule has 1 aromatic rings. The van der Waals surface area contributed by atoms with Crippen LogP contribution in [0.5, 0.6) is 0 Å². The van der Waals surface area contributed by atoms with Crippen molar-refractivity contribution in [2.24, 2.45) is 5.92 Å². The molecule has 0 N–H and O–H groups in total. The minimum Gasteiger partial charge on any atom is -0.454 e. The van der Waals surface area contributed by atoms with Crippen molar-refractivity contribution in [2.75, 3.05) is 19.8 Å². The number of benzene rings is 1. The van der Waals surface area contributed by atoms with Gasteiger partial charge in [0.2, 0.25) is 0 Å². The molecular formula is C14H16O4. The largest absolute Gasteiger partial charge is 0.454 e. The maximum absolute atomic E-state index is 11.8. The number of ketones is 1. The first-order valence-electron chi connectivity index (χ1n) is 6.10. The number of hydrogen-bond acceptors (Lipinski definition) is 4. The van der Waals surface area contributed by atoms with Crippen LogP contribution < -0.4 is 0 Å². The second-order valence-electron chi connectivity index (χ2n) is 4.30. The van der Waals surface area contributed by atoms with E-state index in [-0.39, 0.29) is 18.3 Å². The summed E-state index contributed by atoms with van der Waals surface area (Å²) in [5, 5.41) is 0. The highest BCUT2D eigenvalue weighted by Crippen LogP contribution is 2.16. The molecule has 0 spiro atoms. The van der Waals surface area contributed by atoms with E-state index in [0.29, 0.717) is 18.8 Å². The summed E-state index contributed by atoms with van der Waals surface area (Å²) in [7, 11) is 0. The Morgan fingerprint density at radius 3 is 2.50 bits per heavy atom. The van der Waals surface area contributed by atoms with Crippen LogP contribution in [0.15, 0.2) is 30.3 Å². The number of ether oxygens (including phenoxy) is 2. The van der Waals surface area contributed by atoms with E-state index in [1.165, 1.54) is 0 Å². The third kappa shape index (κ3) is 3.40.